The molecule has 1 saturated carbocycles. The highest BCUT2D eigenvalue weighted by Crippen LogP contribution is 2.33. The van der Waals surface area contributed by atoms with Crippen molar-refractivity contribution in [2.24, 2.45) is 0 Å². The standard InChI is InChI=1S/C19H24N6S/c1-26-19-24-23-18(25(19)14-7-2-3-8-14)11-6-12-20-17-13-21-15-9-4-5-10-16(15)22-17/h4-5,9-10,13-14H,2-3,6-8,11-12H2,1H3,(H,20,22). The van der Waals surface area contributed by atoms with E-state index in [9.17, 15) is 0 Å². The summed E-state index contributed by atoms with van der Waals surface area (Å²) in [6.07, 6.45) is 10.9. The third kappa shape index (κ3) is 3.67. The van der Waals surface area contributed by atoms with Crippen LogP contribution in [0.25, 0.3) is 11.0 Å². The van der Waals surface area contributed by atoms with E-state index in [-0.39, 0.29) is 0 Å². The predicted molar refractivity (Wildman–Crippen MR) is 106 cm³/mol. The number of thioether (sulfide) groups is 1. The summed E-state index contributed by atoms with van der Waals surface area (Å²) in [6, 6.07) is 8.52. The topological polar surface area (TPSA) is 68.5 Å². The average molecular weight is 369 g/mol. The van der Waals surface area contributed by atoms with Crippen molar-refractivity contribution in [3.63, 3.8) is 0 Å². The lowest BCUT2D eigenvalue weighted by molar-refractivity contribution is 0.461. The third-order valence-electron chi connectivity index (χ3n) is 4.94. The Morgan fingerprint density at radius 1 is 1.15 bits per heavy atom. The smallest absolute Gasteiger partial charge is 0.191 e. The Labute approximate surface area is 157 Å². The molecule has 7 heteroatoms. The van der Waals surface area contributed by atoms with Crippen LogP contribution in [0.2, 0.25) is 0 Å². The number of aromatic nitrogens is 5. The normalized spacial score (nSPS) is 15.0. The monoisotopic (exact) mass is 368 g/mol. The van der Waals surface area contributed by atoms with Crippen LogP contribution in [0.4, 0.5) is 5.82 Å². The van der Waals surface area contributed by atoms with Crippen LogP contribution in [0.3, 0.4) is 0 Å². The lowest BCUT2D eigenvalue weighted by Gasteiger charge is -2.16. The van der Waals surface area contributed by atoms with Gasteiger partial charge in [-0.3, -0.25) is 4.98 Å². The average Bonchev–Trinajstić information content (AvgIpc) is 3.34. The number of fused-ring (bicyclic) bond motifs is 1. The molecule has 0 radical (unpaired) electrons. The minimum absolute atomic E-state index is 0.585. The Morgan fingerprint density at radius 3 is 2.77 bits per heavy atom. The van der Waals surface area contributed by atoms with E-state index in [0.717, 1.165) is 47.2 Å². The molecule has 6 nitrogen and oxygen atoms in total. The molecule has 1 aliphatic rings. The van der Waals surface area contributed by atoms with Gasteiger partial charge in [-0.15, -0.1) is 10.2 Å². The molecule has 1 N–H and O–H groups in total. The minimum Gasteiger partial charge on any atom is -0.369 e. The summed E-state index contributed by atoms with van der Waals surface area (Å²) in [5.41, 5.74) is 1.84. The van der Waals surface area contributed by atoms with Gasteiger partial charge in [0, 0.05) is 19.0 Å². The van der Waals surface area contributed by atoms with Crippen LogP contribution in [0, 0.1) is 0 Å². The van der Waals surface area contributed by atoms with Gasteiger partial charge in [-0.2, -0.15) is 0 Å². The van der Waals surface area contributed by atoms with Crippen LogP contribution in [-0.2, 0) is 6.42 Å². The lowest BCUT2D eigenvalue weighted by Crippen LogP contribution is -2.12. The molecule has 0 saturated heterocycles. The summed E-state index contributed by atoms with van der Waals surface area (Å²) < 4.78 is 2.38. The van der Waals surface area contributed by atoms with Gasteiger partial charge in [-0.25, -0.2) is 4.98 Å². The first kappa shape index (κ1) is 17.3. The Bertz CT molecular complexity index is 871. The first-order chi connectivity index (χ1) is 12.8. The van der Waals surface area contributed by atoms with Gasteiger partial charge in [0.1, 0.15) is 11.6 Å². The van der Waals surface area contributed by atoms with Crippen molar-refractivity contribution >= 4 is 28.6 Å². The van der Waals surface area contributed by atoms with Crippen LogP contribution in [0.1, 0.15) is 44.0 Å². The van der Waals surface area contributed by atoms with Crippen molar-refractivity contribution in [2.45, 2.75) is 49.7 Å². The zero-order valence-electron chi connectivity index (χ0n) is 15.1. The van der Waals surface area contributed by atoms with E-state index in [1.54, 1.807) is 18.0 Å². The molecular weight excluding hydrogens is 344 g/mol. The van der Waals surface area contributed by atoms with Crippen molar-refractivity contribution in [3.05, 3.63) is 36.3 Å². The van der Waals surface area contributed by atoms with Gasteiger partial charge >= 0.3 is 0 Å². The number of benzene rings is 1. The number of nitrogens with one attached hydrogen (secondary N) is 1. The Balaban J connectivity index is 1.36. The molecule has 0 aliphatic heterocycles. The van der Waals surface area contributed by atoms with Crippen LogP contribution in [0.5, 0.6) is 0 Å². The highest BCUT2D eigenvalue weighted by atomic mass is 32.2. The number of hydrogen-bond acceptors (Lipinski definition) is 6. The molecule has 2 aromatic heterocycles. The predicted octanol–water partition coefficient (Wildman–Crippen LogP) is 4.10. The summed E-state index contributed by atoms with van der Waals surface area (Å²) in [5.74, 6) is 1.94. The molecule has 1 aromatic carbocycles. The molecule has 3 aromatic rings. The van der Waals surface area contributed by atoms with E-state index in [1.807, 2.05) is 24.3 Å². The van der Waals surface area contributed by atoms with Crippen molar-refractivity contribution in [2.75, 3.05) is 18.1 Å². The van der Waals surface area contributed by atoms with Crippen molar-refractivity contribution in [3.8, 4) is 0 Å². The van der Waals surface area contributed by atoms with Crippen LogP contribution < -0.4 is 5.32 Å². The fourth-order valence-corrected chi connectivity index (χ4v) is 4.23. The summed E-state index contributed by atoms with van der Waals surface area (Å²) >= 11 is 1.70. The summed E-state index contributed by atoms with van der Waals surface area (Å²) in [6.45, 7) is 0.846. The molecule has 0 bridgehead atoms. The van der Waals surface area contributed by atoms with Crippen molar-refractivity contribution in [1.82, 2.24) is 24.7 Å². The summed E-state index contributed by atoms with van der Waals surface area (Å²) in [7, 11) is 0. The molecule has 4 rings (SSSR count). The second-order valence-electron chi connectivity index (χ2n) is 6.69. The molecule has 26 heavy (non-hydrogen) atoms. The number of rotatable bonds is 7. The van der Waals surface area contributed by atoms with E-state index in [4.69, 9.17) is 0 Å². The Morgan fingerprint density at radius 2 is 1.96 bits per heavy atom. The maximum absolute atomic E-state index is 4.61. The van der Waals surface area contributed by atoms with Crippen molar-refractivity contribution < 1.29 is 0 Å². The molecule has 0 unspecified atom stereocenters. The lowest BCUT2D eigenvalue weighted by atomic mass is 10.2. The zero-order chi connectivity index (χ0) is 17.8. The van der Waals surface area contributed by atoms with Gasteiger partial charge in [-0.05, 0) is 37.7 Å². The zero-order valence-corrected chi connectivity index (χ0v) is 15.9. The fraction of sp³-hybridized carbons (Fsp3) is 0.474. The van der Waals surface area contributed by atoms with Gasteiger partial charge < -0.3 is 9.88 Å². The van der Waals surface area contributed by atoms with Gasteiger partial charge in [0.2, 0.25) is 0 Å². The van der Waals surface area contributed by atoms with Crippen LogP contribution in [0.15, 0.2) is 35.6 Å². The summed E-state index contributed by atoms with van der Waals surface area (Å²) in [5, 5.41) is 13.3. The largest absolute Gasteiger partial charge is 0.369 e. The molecule has 0 amide bonds. The van der Waals surface area contributed by atoms with E-state index in [1.165, 1.54) is 25.7 Å². The maximum atomic E-state index is 4.61. The maximum Gasteiger partial charge on any atom is 0.191 e. The van der Waals surface area contributed by atoms with Crippen LogP contribution >= 0.6 is 11.8 Å². The Kier molecular flexibility index (Phi) is 5.34. The summed E-state index contributed by atoms with van der Waals surface area (Å²) in [4.78, 5) is 9.05. The highest BCUT2D eigenvalue weighted by Gasteiger charge is 2.23. The number of para-hydroxylation sites is 2. The Hall–Kier alpha value is -2.15. The van der Waals surface area contributed by atoms with Gasteiger partial charge in [0.15, 0.2) is 5.16 Å². The fourth-order valence-electron chi connectivity index (χ4n) is 3.65. The van der Waals surface area contributed by atoms with Gasteiger partial charge in [0.25, 0.3) is 0 Å². The highest BCUT2D eigenvalue weighted by molar-refractivity contribution is 7.98. The number of hydrogen-bond donors (Lipinski definition) is 1. The molecular formula is C19H24N6S. The molecule has 136 valence electrons. The number of nitrogens with zero attached hydrogens (tertiary/aromatic N) is 5. The van der Waals surface area contributed by atoms with Crippen LogP contribution in [-0.4, -0.2) is 37.5 Å². The minimum atomic E-state index is 0.585. The van der Waals surface area contributed by atoms with E-state index in [0.29, 0.717) is 6.04 Å². The molecule has 0 spiro atoms. The molecule has 0 atom stereocenters. The SMILES string of the molecule is CSc1nnc(CCCNc2cnc3ccccc3n2)n1C1CCCC1. The first-order valence-corrected chi connectivity index (χ1v) is 10.5. The number of anilines is 1. The quantitative estimate of drug-likeness (QED) is 0.500. The van der Waals surface area contributed by atoms with E-state index >= 15 is 0 Å². The van der Waals surface area contributed by atoms with Crippen molar-refractivity contribution in [1.29, 1.82) is 0 Å². The molecule has 1 fully saturated rings. The third-order valence-corrected chi connectivity index (χ3v) is 5.58. The van der Waals surface area contributed by atoms with E-state index < -0.39 is 0 Å². The molecule has 2 heterocycles. The second-order valence-corrected chi connectivity index (χ2v) is 7.46. The van der Waals surface area contributed by atoms with Gasteiger partial charge in [0.05, 0.1) is 17.2 Å². The number of aryl methyl sites for hydroxylation is 1. The second kappa shape index (κ2) is 8.03. The van der Waals surface area contributed by atoms with E-state index in [2.05, 4.69) is 36.3 Å². The first-order valence-electron chi connectivity index (χ1n) is 9.28. The molecule has 1 aliphatic carbocycles. The van der Waals surface area contributed by atoms with Gasteiger partial charge in [-0.1, -0.05) is 36.7 Å².